The van der Waals surface area contributed by atoms with Crippen LogP contribution >= 0.6 is 0 Å². The maximum absolute atomic E-state index is 12.4. The smallest absolute Gasteiger partial charge is 0.251 e. The zero-order valence-electron chi connectivity index (χ0n) is 14.7. The van der Waals surface area contributed by atoms with E-state index in [0.29, 0.717) is 30.8 Å². The van der Waals surface area contributed by atoms with Gasteiger partial charge in [0.15, 0.2) is 0 Å². The van der Waals surface area contributed by atoms with Crippen molar-refractivity contribution in [3.8, 4) is 0 Å². The standard InChI is InChI=1S/C19H22N2O3S/c1-13-4-5-17(14(2)10-13)12-20-19(22)16-6-7-18-15(11-16)8-9-21(18)25(3,23)24/h4-7,10-11H,8-9,12H2,1-3H3,(H,20,22). The lowest BCUT2D eigenvalue weighted by molar-refractivity contribution is 0.0951. The van der Waals surface area contributed by atoms with Crippen LogP contribution in [0.3, 0.4) is 0 Å². The Morgan fingerprint density at radius 1 is 1.16 bits per heavy atom. The molecule has 0 spiro atoms. The molecule has 0 saturated heterocycles. The molecule has 0 bridgehead atoms. The molecule has 25 heavy (non-hydrogen) atoms. The van der Waals surface area contributed by atoms with E-state index in [2.05, 4.69) is 11.4 Å². The normalized spacial score (nSPS) is 13.6. The summed E-state index contributed by atoms with van der Waals surface area (Å²) in [6.45, 7) is 4.97. The fraction of sp³-hybridized carbons (Fsp3) is 0.316. The highest BCUT2D eigenvalue weighted by Crippen LogP contribution is 2.30. The van der Waals surface area contributed by atoms with E-state index in [0.717, 1.165) is 16.7 Å². The van der Waals surface area contributed by atoms with Gasteiger partial charge in [-0.25, -0.2) is 8.42 Å². The van der Waals surface area contributed by atoms with Crippen molar-refractivity contribution in [2.24, 2.45) is 0 Å². The minimum atomic E-state index is -3.27. The molecule has 0 radical (unpaired) electrons. The summed E-state index contributed by atoms with van der Waals surface area (Å²) in [6, 6.07) is 11.3. The van der Waals surface area contributed by atoms with Crippen molar-refractivity contribution < 1.29 is 13.2 Å². The first-order valence-electron chi connectivity index (χ1n) is 8.20. The van der Waals surface area contributed by atoms with E-state index in [4.69, 9.17) is 0 Å². The lowest BCUT2D eigenvalue weighted by atomic mass is 10.1. The largest absolute Gasteiger partial charge is 0.348 e. The predicted molar refractivity (Wildman–Crippen MR) is 99.4 cm³/mol. The molecule has 1 N–H and O–H groups in total. The number of fused-ring (bicyclic) bond motifs is 1. The lowest BCUT2D eigenvalue weighted by Gasteiger charge is -2.16. The Bertz CT molecular complexity index is 936. The van der Waals surface area contributed by atoms with Gasteiger partial charge in [-0.3, -0.25) is 9.10 Å². The van der Waals surface area contributed by atoms with Gasteiger partial charge in [-0.1, -0.05) is 23.8 Å². The number of aryl methyl sites for hydroxylation is 2. The van der Waals surface area contributed by atoms with Crippen molar-refractivity contribution in [2.75, 3.05) is 17.1 Å². The zero-order chi connectivity index (χ0) is 18.2. The minimum absolute atomic E-state index is 0.152. The number of nitrogens with one attached hydrogen (secondary N) is 1. The molecule has 0 aromatic heterocycles. The van der Waals surface area contributed by atoms with Crippen LogP contribution in [0.15, 0.2) is 36.4 Å². The molecule has 1 amide bonds. The highest BCUT2D eigenvalue weighted by molar-refractivity contribution is 7.92. The summed E-state index contributed by atoms with van der Waals surface area (Å²) in [5.74, 6) is -0.152. The van der Waals surface area contributed by atoms with Crippen molar-refractivity contribution in [1.29, 1.82) is 0 Å². The van der Waals surface area contributed by atoms with E-state index in [-0.39, 0.29) is 5.91 Å². The van der Waals surface area contributed by atoms with Crippen molar-refractivity contribution in [1.82, 2.24) is 5.32 Å². The molecule has 0 fully saturated rings. The highest BCUT2D eigenvalue weighted by Gasteiger charge is 2.26. The van der Waals surface area contributed by atoms with Gasteiger partial charge in [-0.05, 0) is 55.2 Å². The molecule has 5 nitrogen and oxygen atoms in total. The van der Waals surface area contributed by atoms with E-state index in [1.54, 1.807) is 18.2 Å². The second-order valence-electron chi connectivity index (χ2n) is 6.54. The topological polar surface area (TPSA) is 66.5 Å². The van der Waals surface area contributed by atoms with Crippen molar-refractivity contribution in [2.45, 2.75) is 26.8 Å². The van der Waals surface area contributed by atoms with Crippen LogP contribution in [-0.2, 0) is 23.0 Å². The third-order valence-corrected chi connectivity index (χ3v) is 5.71. The van der Waals surface area contributed by atoms with Crippen LogP contribution in [0.25, 0.3) is 0 Å². The summed E-state index contributed by atoms with van der Waals surface area (Å²) in [5, 5.41) is 2.94. The Labute approximate surface area is 148 Å². The number of carbonyl (C=O) groups is 1. The van der Waals surface area contributed by atoms with Gasteiger partial charge in [0.2, 0.25) is 10.0 Å². The fourth-order valence-corrected chi connectivity index (χ4v) is 4.14. The summed E-state index contributed by atoms with van der Waals surface area (Å²) in [6.07, 6.45) is 1.83. The number of hydrogen-bond acceptors (Lipinski definition) is 3. The van der Waals surface area contributed by atoms with E-state index in [9.17, 15) is 13.2 Å². The SMILES string of the molecule is Cc1ccc(CNC(=O)c2ccc3c(c2)CCN3S(C)(=O)=O)c(C)c1. The van der Waals surface area contributed by atoms with Gasteiger partial charge >= 0.3 is 0 Å². The molecule has 0 aliphatic carbocycles. The molecule has 0 unspecified atom stereocenters. The maximum Gasteiger partial charge on any atom is 0.251 e. The van der Waals surface area contributed by atoms with Crippen LogP contribution in [-0.4, -0.2) is 27.1 Å². The number of nitrogens with zero attached hydrogens (tertiary/aromatic N) is 1. The summed E-state index contributed by atoms with van der Waals surface area (Å²) >= 11 is 0. The molecule has 0 saturated carbocycles. The van der Waals surface area contributed by atoms with E-state index < -0.39 is 10.0 Å². The first kappa shape index (κ1) is 17.5. The zero-order valence-corrected chi connectivity index (χ0v) is 15.5. The number of benzene rings is 2. The number of carbonyl (C=O) groups excluding carboxylic acids is 1. The van der Waals surface area contributed by atoms with Crippen molar-refractivity contribution in [3.05, 3.63) is 64.2 Å². The maximum atomic E-state index is 12.4. The third-order valence-electron chi connectivity index (χ3n) is 4.53. The minimum Gasteiger partial charge on any atom is -0.348 e. The average Bonchev–Trinajstić information content (AvgIpc) is 2.97. The Kier molecular flexibility index (Phi) is 4.56. The number of anilines is 1. The molecule has 2 aromatic rings. The van der Waals surface area contributed by atoms with Gasteiger partial charge in [-0.15, -0.1) is 0 Å². The summed E-state index contributed by atoms with van der Waals surface area (Å²) in [5.41, 5.74) is 5.56. The summed E-state index contributed by atoms with van der Waals surface area (Å²) in [4.78, 5) is 12.4. The van der Waals surface area contributed by atoms with Crippen LogP contribution in [0.1, 0.15) is 32.6 Å². The summed E-state index contributed by atoms with van der Waals surface area (Å²) < 4.78 is 24.9. The highest BCUT2D eigenvalue weighted by atomic mass is 32.2. The van der Waals surface area contributed by atoms with Crippen LogP contribution in [0, 0.1) is 13.8 Å². The molecule has 1 aliphatic heterocycles. The number of amides is 1. The summed E-state index contributed by atoms with van der Waals surface area (Å²) in [7, 11) is -3.27. The second-order valence-corrected chi connectivity index (χ2v) is 8.45. The van der Waals surface area contributed by atoms with Gasteiger partial charge in [0.1, 0.15) is 0 Å². The molecule has 1 heterocycles. The number of hydrogen-bond donors (Lipinski definition) is 1. The molecular weight excluding hydrogens is 336 g/mol. The first-order valence-corrected chi connectivity index (χ1v) is 10.1. The Balaban J connectivity index is 1.74. The molecule has 1 aliphatic rings. The average molecular weight is 358 g/mol. The quantitative estimate of drug-likeness (QED) is 0.913. The van der Waals surface area contributed by atoms with Gasteiger partial charge in [0.05, 0.1) is 11.9 Å². The van der Waals surface area contributed by atoms with E-state index in [1.807, 2.05) is 26.0 Å². The van der Waals surface area contributed by atoms with Gasteiger partial charge < -0.3 is 5.32 Å². The van der Waals surface area contributed by atoms with Crippen LogP contribution < -0.4 is 9.62 Å². The molecule has 0 atom stereocenters. The van der Waals surface area contributed by atoms with Crippen LogP contribution in [0.5, 0.6) is 0 Å². The molecule has 2 aromatic carbocycles. The first-order chi connectivity index (χ1) is 11.8. The van der Waals surface area contributed by atoms with Crippen molar-refractivity contribution >= 4 is 21.6 Å². The Hall–Kier alpha value is -2.34. The molecular formula is C19H22N2O3S. The Morgan fingerprint density at radius 3 is 2.60 bits per heavy atom. The van der Waals surface area contributed by atoms with Crippen LogP contribution in [0.4, 0.5) is 5.69 Å². The van der Waals surface area contributed by atoms with E-state index in [1.165, 1.54) is 16.1 Å². The van der Waals surface area contributed by atoms with E-state index >= 15 is 0 Å². The third kappa shape index (κ3) is 3.69. The lowest BCUT2D eigenvalue weighted by Crippen LogP contribution is -2.27. The van der Waals surface area contributed by atoms with Crippen molar-refractivity contribution in [3.63, 3.8) is 0 Å². The van der Waals surface area contributed by atoms with Gasteiger partial charge in [-0.2, -0.15) is 0 Å². The predicted octanol–water partition coefficient (Wildman–Crippen LogP) is 2.56. The second kappa shape index (κ2) is 6.52. The molecule has 132 valence electrons. The van der Waals surface area contributed by atoms with Gasteiger partial charge in [0.25, 0.3) is 5.91 Å². The monoisotopic (exact) mass is 358 g/mol. The van der Waals surface area contributed by atoms with Gasteiger partial charge in [0, 0.05) is 18.7 Å². The Morgan fingerprint density at radius 2 is 1.92 bits per heavy atom. The molecule has 6 heteroatoms. The number of sulfonamides is 1. The fourth-order valence-electron chi connectivity index (χ4n) is 3.18. The number of rotatable bonds is 4. The molecule has 3 rings (SSSR count). The van der Waals surface area contributed by atoms with Crippen LogP contribution in [0.2, 0.25) is 0 Å².